The van der Waals surface area contributed by atoms with Gasteiger partial charge in [-0.1, -0.05) is 0 Å². The number of hydrogen-bond acceptors (Lipinski definition) is 6. The quantitative estimate of drug-likeness (QED) is 0.774. The number of anilines is 1. The maximum Gasteiger partial charge on any atom is 0.162 e. The molecule has 0 aliphatic heterocycles. The van der Waals surface area contributed by atoms with Gasteiger partial charge in [-0.2, -0.15) is 0 Å². The van der Waals surface area contributed by atoms with Gasteiger partial charge in [0, 0.05) is 30.0 Å². The highest BCUT2D eigenvalue weighted by atomic mass is 16.5. The van der Waals surface area contributed by atoms with E-state index >= 15 is 0 Å². The molecule has 6 nitrogen and oxygen atoms in total. The minimum Gasteiger partial charge on any atom is -0.493 e. The third-order valence-corrected chi connectivity index (χ3v) is 4.34. The van der Waals surface area contributed by atoms with Crippen LogP contribution < -0.4 is 14.8 Å². The van der Waals surface area contributed by atoms with E-state index in [4.69, 9.17) is 24.5 Å². The molecule has 0 spiro atoms. The first kappa shape index (κ1) is 16.8. The SMILES string of the molecule is COc1cc2nc(C3CC3)nc(NC(C)CCCO)c2cc1OC. The van der Waals surface area contributed by atoms with Crippen molar-refractivity contribution in [3.63, 3.8) is 0 Å². The lowest BCUT2D eigenvalue weighted by Gasteiger charge is -2.17. The highest BCUT2D eigenvalue weighted by Gasteiger charge is 2.28. The lowest BCUT2D eigenvalue weighted by molar-refractivity contribution is 0.282. The minimum absolute atomic E-state index is 0.203. The van der Waals surface area contributed by atoms with E-state index < -0.39 is 0 Å². The number of aromatic nitrogens is 2. The number of fused-ring (bicyclic) bond motifs is 1. The van der Waals surface area contributed by atoms with Crippen molar-refractivity contribution in [3.8, 4) is 11.5 Å². The lowest BCUT2D eigenvalue weighted by atomic mass is 10.1. The van der Waals surface area contributed by atoms with Crippen LogP contribution in [-0.4, -0.2) is 41.9 Å². The maximum absolute atomic E-state index is 9.02. The van der Waals surface area contributed by atoms with Crippen LogP contribution in [0.1, 0.15) is 44.3 Å². The molecule has 1 heterocycles. The summed E-state index contributed by atoms with van der Waals surface area (Å²) in [5.41, 5.74) is 0.862. The Labute approximate surface area is 142 Å². The summed E-state index contributed by atoms with van der Waals surface area (Å²) >= 11 is 0. The number of benzene rings is 1. The van der Waals surface area contributed by atoms with Crippen LogP contribution in [-0.2, 0) is 0 Å². The van der Waals surface area contributed by atoms with E-state index in [-0.39, 0.29) is 12.6 Å². The molecule has 0 amide bonds. The van der Waals surface area contributed by atoms with Crippen molar-refractivity contribution >= 4 is 16.7 Å². The number of aliphatic hydroxyl groups excluding tert-OH is 1. The molecule has 0 radical (unpaired) electrons. The van der Waals surface area contributed by atoms with Gasteiger partial charge in [0.1, 0.15) is 11.6 Å². The van der Waals surface area contributed by atoms with Crippen molar-refractivity contribution in [1.29, 1.82) is 0 Å². The van der Waals surface area contributed by atoms with Gasteiger partial charge in [0.05, 0.1) is 19.7 Å². The highest BCUT2D eigenvalue weighted by Crippen LogP contribution is 2.41. The second-order valence-electron chi connectivity index (χ2n) is 6.34. The molecular formula is C18H25N3O3. The van der Waals surface area contributed by atoms with Gasteiger partial charge in [-0.25, -0.2) is 9.97 Å². The number of aliphatic hydroxyl groups is 1. The molecule has 24 heavy (non-hydrogen) atoms. The molecule has 0 bridgehead atoms. The number of hydrogen-bond donors (Lipinski definition) is 2. The number of rotatable bonds is 8. The standard InChI is InChI=1S/C18H25N3O3/c1-11(5-4-8-22)19-18-13-9-15(23-2)16(24-3)10-14(13)20-17(21-18)12-6-7-12/h9-12,22H,4-8H2,1-3H3,(H,19,20,21). The van der Waals surface area contributed by atoms with Crippen LogP contribution in [0, 0.1) is 0 Å². The summed E-state index contributed by atoms with van der Waals surface area (Å²) in [5, 5.41) is 13.4. The third kappa shape index (κ3) is 3.53. The zero-order valence-electron chi connectivity index (χ0n) is 14.5. The van der Waals surface area contributed by atoms with E-state index in [0.717, 1.165) is 48.2 Å². The lowest BCUT2D eigenvalue weighted by Crippen LogP contribution is -2.17. The fraction of sp³-hybridized carbons (Fsp3) is 0.556. The maximum atomic E-state index is 9.02. The molecule has 1 aliphatic rings. The fourth-order valence-electron chi connectivity index (χ4n) is 2.81. The number of nitrogens with one attached hydrogen (secondary N) is 1. The Morgan fingerprint density at radius 2 is 1.92 bits per heavy atom. The monoisotopic (exact) mass is 331 g/mol. The molecule has 1 aromatic carbocycles. The van der Waals surface area contributed by atoms with Crippen molar-refractivity contribution in [2.24, 2.45) is 0 Å². The minimum atomic E-state index is 0.203. The van der Waals surface area contributed by atoms with Gasteiger partial charge in [-0.15, -0.1) is 0 Å². The summed E-state index contributed by atoms with van der Waals surface area (Å²) in [4.78, 5) is 9.49. The molecule has 1 aliphatic carbocycles. The largest absolute Gasteiger partial charge is 0.493 e. The number of methoxy groups -OCH3 is 2. The fourth-order valence-corrected chi connectivity index (χ4v) is 2.81. The summed E-state index contributed by atoms with van der Waals surface area (Å²) in [6.07, 6.45) is 3.95. The molecule has 2 aromatic rings. The Bertz CT molecular complexity index is 716. The second-order valence-corrected chi connectivity index (χ2v) is 6.34. The summed E-state index contributed by atoms with van der Waals surface area (Å²) in [5.74, 6) is 3.53. The first-order valence-corrected chi connectivity index (χ1v) is 8.47. The molecular weight excluding hydrogens is 306 g/mol. The van der Waals surface area contributed by atoms with Gasteiger partial charge in [0.15, 0.2) is 11.5 Å². The van der Waals surface area contributed by atoms with Crippen LogP contribution in [0.3, 0.4) is 0 Å². The molecule has 2 N–H and O–H groups in total. The normalized spacial score (nSPS) is 15.3. The zero-order valence-corrected chi connectivity index (χ0v) is 14.5. The van der Waals surface area contributed by atoms with Gasteiger partial charge in [-0.05, 0) is 38.7 Å². The van der Waals surface area contributed by atoms with Crippen molar-refractivity contribution in [1.82, 2.24) is 9.97 Å². The topological polar surface area (TPSA) is 76.5 Å². The Balaban J connectivity index is 2.03. The smallest absolute Gasteiger partial charge is 0.162 e. The van der Waals surface area contributed by atoms with Gasteiger partial charge in [-0.3, -0.25) is 0 Å². The second kappa shape index (κ2) is 7.21. The highest BCUT2D eigenvalue weighted by molar-refractivity contribution is 5.92. The van der Waals surface area contributed by atoms with Crippen LogP contribution in [0.15, 0.2) is 12.1 Å². The summed E-state index contributed by atoms with van der Waals surface area (Å²) in [6.45, 7) is 2.30. The van der Waals surface area contributed by atoms with Crippen LogP contribution in [0.2, 0.25) is 0 Å². The average molecular weight is 331 g/mol. The molecule has 3 rings (SSSR count). The van der Waals surface area contributed by atoms with E-state index in [0.29, 0.717) is 17.4 Å². The van der Waals surface area contributed by atoms with Gasteiger partial charge < -0.3 is 19.9 Å². The van der Waals surface area contributed by atoms with Gasteiger partial charge in [0.2, 0.25) is 0 Å². The van der Waals surface area contributed by atoms with Gasteiger partial charge >= 0.3 is 0 Å². The number of ether oxygens (including phenoxy) is 2. The van der Waals surface area contributed by atoms with Crippen molar-refractivity contribution in [2.75, 3.05) is 26.1 Å². The van der Waals surface area contributed by atoms with E-state index in [1.54, 1.807) is 14.2 Å². The summed E-state index contributed by atoms with van der Waals surface area (Å²) < 4.78 is 10.8. The predicted molar refractivity (Wildman–Crippen MR) is 94.0 cm³/mol. The molecule has 1 atom stereocenters. The molecule has 1 saturated carbocycles. The average Bonchev–Trinajstić information content (AvgIpc) is 3.43. The first-order valence-electron chi connectivity index (χ1n) is 8.47. The molecule has 1 fully saturated rings. The first-order chi connectivity index (χ1) is 11.7. The van der Waals surface area contributed by atoms with Crippen LogP contribution >= 0.6 is 0 Å². The van der Waals surface area contributed by atoms with Crippen molar-refractivity contribution in [2.45, 2.75) is 44.6 Å². The van der Waals surface area contributed by atoms with Crippen LogP contribution in [0.4, 0.5) is 5.82 Å². The molecule has 130 valence electrons. The Morgan fingerprint density at radius 1 is 1.21 bits per heavy atom. The van der Waals surface area contributed by atoms with E-state index in [1.165, 1.54) is 0 Å². The molecule has 0 saturated heterocycles. The van der Waals surface area contributed by atoms with Crippen LogP contribution in [0.5, 0.6) is 11.5 Å². The Hall–Kier alpha value is -2.08. The number of nitrogens with zero attached hydrogens (tertiary/aromatic N) is 2. The summed E-state index contributed by atoms with van der Waals surface area (Å²) in [6, 6.07) is 4.05. The molecule has 1 aromatic heterocycles. The third-order valence-electron chi connectivity index (χ3n) is 4.34. The Kier molecular flexibility index (Phi) is 5.04. The van der Waals surface area contributed by atoms with E-state index in [9.17, 15) is 0 Å². The zero-order chi connectivity index (χ0) is 17.1. The Morgan fingerprint density at radius 3 is 2.54 bits per heavy atom. The van der Waals surface area contributed by atoms with Crippen LogP contribution in [0.25, 0.3) is 10.9 Å². The van der Waals surface area contributed by atoms with E-state index in [1.807, 2.05) is 12.1 Å². The van der Waals surface area contributed by atoms with Crippen molar-refractivity contribution < 1.29 is 14.6 Å². The summed E-state index contributed by atoms with van der Waals surface area (Å²) in [7, 11) is 3.25. The van der Waals surface area contributed by atoms with Gasteiger partial charge in [0.25, 0.3) is 0 Å². The predicted octanol–water partition coefficient (Wildman–Crippen LogP) is 3.10. The molecule has 1 unspecified atom stereocenters. The van der Waals surface area contributed by atoms with E-state index in [2.05, 4.69) is 12.2 Å². The van der Waals surface area contributed by atoms with Crippen molar-refractivity contribution in [3.05, 3.63) is 18.0 Å². The molecule has 6 heteroatoms.